The van der Waals surface area contributed by atoms with E-state index in [1.807, 2.05) is 0 Å². The van der Waals surface area contributed by atoms with Crippen LogP contribution in [0.1, 0.15) is 12.5 Å². The zero-order chi connectivity index (χ0) is 14.8. The summed E-state index contributed by atoms with van der Waals surface area (Å²) in [5.41, 5.74) is 1.08. The van der Waals surface area contributed by atoms with Crippen molar-refractivity contribution in [3.8, 4) is 0 Å². The van der Waals surface area contributed by atoms with Crippen LogP contribution in [0.2, 0.25) is 0 Å². The van der Waals surface area contributed by atoms with Gasteiger partial charge >= 0.3 is 0 Å². The zero-order valence-corrected chi connectivity index (χ0v) is 12.9. The average molecular weight is 301 g/mol. The van der Waals surface area contributed by atoms with Crippen molar-refractivity contribution < 1.29 is 17.3 Å². The van der Waals surface area contributed by atoms with Crippen molar-refractivity contribution in [3.63, 3.8) is 0 Å². The van der Waals surface area contributed by atoms with Crippen molar-refractivity contribution in [2.45, 2.75) is 13.5 Å². The smallest absolute Gasteiger partial charge is 0.214 e. The van der Waals surface area contributed by atoms with Gasteiger partial charge in [0.1, 0.15) is 12.4 Å². The average Bonchev–Trinajstić information content (AvgIpc) is 2.42. The number of quaternary nitrogens is 1. The quantitative estimate of drug-likeness (QED) is 0.789. The predicted octanol–water partition coefficient (Wildman–Crippen LogP) is 1.44. The standard InChI is InChI=1S/C14H22FN2O2S/c1-3-20(18,19)16-8-10-17(2,11-9-16)12-13-4-6-14(15)7-5-13/h4-7H,3,8-12H2,1-2H3/q+1. The molecule has 0 radical (unpaired) electrons. The first-order chi connectivity index (χ1) is 9.35. The third-order valence-electron chi connectivity index (χ3n) is 4.01. The van der Waals surface area contributed by atoms with Gasteiger partial charge < -0.3 is 4.48 Å². The summed E-state index contributed by atoms with van der Waals surface area (Å²) in [5, 5.41) is 0. The molecular weight excluding hydrogens is 279 g/mol. The molecule has 0 aromatic heterocycles. The number of nitrogens with zero attached hydrogens (tertiary/aromatic N) is 2. The molecule has 112 valence electrons. The highest BCUT2D eigenvalue weighted by atomic mass is 32.2. The fourth-order valence-corrected chi connectivity index (χ4v) is 3.66. The predicted molar refractivity (Wildman–Crippen MR) is 77.1 cm³/mol. The summed E-state index contributed by atoms with van der Waals surface area (Å²) in [6.45, 7) is 5.19. The molecule has 2 rings (SSSR count). The van der Waals surface area contributed by atoms with Gasteiger partial charge in [0.15, 0.2) is 0 Å². The molecule has 0 atom stereocenters. The van der Waals surface area contributed by atoms with Gasteiger partial charge in [-0.05, 0) is 19.1 Å². The van der Waals surface area contributed by atoms with E-state index in [9.17, 15) is 12.8 Å². The minimum atomic E-state index is -3.08. The van der Waals surface area contributed by atoms with Crippen molar-refractivity contribution in [2.75, 3.05) is 39.0 Å². The Morgan fingerprint density at radius 3 is 2.25 bits per heavy atom. The number of rotatable bonds is 4. The van der Waals surface area contributed by atoms with E-state index in [2.05, 4.69) is 7.05 Å². The molecule has 4 nitrogen and oxygen atoms in total. The highest BCUT2D eigenvalue weighted by molar-refractivity contribution is 7.89. The van der Waals surface area contributed by atoms with Crippen molar-refractivity contribution >= 4 is 10.0 Å². The van der Waals surface area contributed by atoms with Crippen molar-refractivity contribution in [1.29, 1.82) is 0 Å². The first kappa shape index (κ1) is 15.4. The van der Waals surface area contributed by atoms with Crippen LogP contribution in [0.5, 0.6) is 0 Å². The van der Waals surface area contributed by atoms with Gasteiger partial charge in [-0.3, -0.25) is 0 Å². The maximum atomic E-state index is 12.9. The number of piperazine rings is 1. The second kappa shape index (κ2) is 5.79. The van der Waals surface area contributed by atoms with Gasteiger partial charge in [0, 0.05) is 5.56 Å². The van der Waals surface area contributed by atoms with Crippen molar-refractivity contribution in [3.05, 3.63) is 35.6 Å². The van der Waals surface area contributed by atoms with Crippen molar-refractivity contribution in [2.24, 2.45) is 0 Å². The number of likely N-dealkylation sites (N-methyl/N-ethyl adjacent to an activating group) is 1. The van der Waals surface area contributed by atoms with Gasteiger partial charge in [-0.1, -0.05) is 12.1 Å². The van der Waals surface area contributed by atoms with Gasteiger partial charge in [-0.2, -0.15) is 4.31 Å². The molecule has 20 heavy (non-hydrogen) atoms. The van der Waals surface area contributed by atoms with Crippen LogP contribution < -0.4 is 0 Å². The van der Waals surface area contributed by atoms with Crippen molar-refractivity contribution in [1.82, 2.24) is 4.31 Å². The number of halogens is 1. The lowest BCUT2D eigenvalue weighted by atomic mass is 10.1. The number of sulfonamides is 1. The molecule has 0 spiro atoms. The Hall–Kier alpha value is -0.980. The molecule has 1 heterocycles. The lowest BCUT2D eigenvalue weighted by Crippen LogP contribution is -2.57. The number of hydrogen-bond acceptors (Lipinski definition) is 2. The highest BCUT2D eigenvalue weighted by Crippen LogP contribution is 2.18. The summed E-state index contributed by atoms with van der Waals surface area (Å²) >= 11 is 0. The van der Waals surface area contributed by atoms with E-state index in [1.165, 1.54) is 12.1 Å². The highest BCUT2D eigenvalue weighted by Gasteiger charge is 2.33. The van der Waals surface area contributed by atoms with Gasteiger partial charge in [0.05, 0.1) is 39.0 Å². The van der Waals surface area contributed by atoms with Gasteiger partial charge in [0.2, 0.25) is 10.0 Å². The molecule has 0 saturated carbocycles. The maximum absolute atomic E-state index is 12.9. The molecule has 0 unspecified atom stereocenters. The van der Waals surface area contributed by atoms with E-state index in [0.29, 0.717) is 13.1 Å². The van der Waals surface area contributed by atoms with Gasteiger partial charge in [-0.15, -0.1) is 0 Å². The molecule has 0 aliphatic carbocycles. The van der Waals surface area contributed by atoms with E-state index in [-0.39, 0.29) is 11.6 Å². The lowest BCUT2D eigenvalue weighted by molar-refractivity contribution is -0.925. The lowest BCUT2D eigenvalue weighted by Gasteiger charge is -2.41. The third kappa shape index (κ3) is 3.56. The molecule has 1 aromatic rings. The van der Waals surface area contributed by atoms with Gasteiger partial charge in [-0.25, -0.2) is 12.8 Å². The Morgan fingerprint density at radius 1 is 1.20 bits per heavy atom. The molecule has 1 saturated heterocycles. The molecule has 1 fully saturated rings. The molecule has 1 aliphatic rings. The Bertz CT molecular complexity index is 549. The largest absolute Gasteiger partial charge is 0.320 e. The fraction of sp³-hybridized carbons (Fsp3) is 0.571. The Morgan fingerprint density at radius 2 is 1.75 bits per heavy atom. The zero-order valence-electron chi connectivity index (χ0n) is 12.0. The molecular formula is C14H22FN2O2S+. The minimum absolute atomic E-state index is 0.161. The monoisotopic (exact) mass is 301 g/mol. The summed E-state index contributed by atoms with van der Waals surface area (Å²) in [6.07, 6.45) is 0. The van der Waals surface area contributed by atoms with Crippen LogP contribution in [0.4, 0.5) is 4.39 Å². The van der Waals surface area contributed by atoms with Crippen LogP contribution in [0, 0.1) is 5.82 Å². The molecule has 0 amide bonds. The van der Waals surface area contributed by atoms with Crippen LogP contribution >= 0.6 is 0 Å². The Labute approximate surface area is 120 Å². The molecule has 0 N–H and O–H groups in total. The van der Waals surface area contributed by atoms with Crippen LogP contribution in [0.25, 0.3) is 0 Å². The molecule has 1 aliphatic heterocycles. The van der Waals surface area contributed by atoms with Crippen LogP contribution in [-0.2, 0) is 16.6 Å². The summed E-state index contributed by atoms with van der Waals surface area (Å²) in [4.78, 5) is 0. The van der Waals surface area contributed by atoms with E-state index in [4.69, 9.17) is 0 Å². The van der Waals surface area contributed by atoms with Crippen LogP contribution in [-0.4, -0.2) is 56.2 Å². The Kier molecular flexibility index (Phi) is 4.46. The van der Waals surface area contributed by atoms with E-state index in [0.717, 1.165) is 29.7 Å². The minimum Gasteiger partial charge on any atom is -0.320 e. The van der Waals surface area contributed by atoms with Crippen LogP contribution in [0.15, 0.2) is 24.3 Å². The normalized spacial score (nSPS) is 19.9. The first-order valence-corrected chi connectivity index (χ1v) is 8.51. The second-order valence-corrected chi connectivity index (χ2v) is 7.91. The van der Waals surface area contributed by atoms with E-state index in [1.54, 1.807) is 23.4 Å². The number of benzene rings is 1. The summed E-state index contributed by atoms with van der Waals surface area (Å²) < 4.78 is 39.0. The third-order valence-corrected chi connectivity index (χ3v) is 5.90. The molecule has 6 heteroatoms. The summed E-state index contributed by atoms with van der Waals surface area (Å²) in [5.74, 6) is -0.0652. The van der Waals surface area contributed by atoms with E-state index >= 15 is 0 Å². The van der Waals surface area contributed by atoms with E-state index < -0.39 is 10.0 Å². The van der Waals surface area contributed by atoms with Gasteiger partial charge in [0.25, 0.3) is 0 Å². The SMILES string of the molecule is CCS(=O)(=O)N1CC[N+](C)(Cc2ccc(F)cc2)CC1. The summed E-state index contributed by atoms with van der Waals surface area (Å²) in [7, 11) is -0.952. The second-order valence-electron chi connectivity index (χ2n) is 5.65. The molecule has 0 bridgehead atoms. The van der Waals surface area contributed by atoms with Crippen LogP contribution in [0.3, 0.4) is 0 Å². The molecule has 1 aromatic carbocycles. The fourth-order valence-electron chi connectivity index (χ4n) is 2.58. The maximum Gasteiger partial charge on any atom is 0.214 e. The number of hydrogen-bond donors (Lipinski definition) is 0. The summed E-state index contributed by atoms with van der Waals surface area (Å²) in [6, 6.07) is 6.54. The Balaban J connectivity index is 1.99. The topological polar surface area (TPSA) is 37.4 Å². The first-order valence-electron chi connectivity index (χ1n) is 6.90.